The van der Waals surface area contributed by atoms with Crippen molar-refractivity contribution >= 4 is 18.3 Å². The molecule has 126 valence electrons. The lowest BCUT2D eigenvalue weighted by molar-refractivity contribution is 0.0734. The van der Waals surface area contributed by atoms with E-state index in [9.17, 15) is 4.79 Å². The predicted octanol–water partition coefficient (Wildman–Crippen LogP) is 2.13. The maximum atomic E-state index is 12.5. The molecule has 1 N–H and O–H groups in total. The van der Waals surface area contributed by atoms with E-state index in [1.165, 1.54) is 0 Å². The van der Waals surface area contributed by atoms with Crippen LogP contribution in [0, 0.1) is 5.92 Å². The fourth-order valence-corrected chi connectivity index (χ4v) is 2.65. The van der Waals surface area contributed by atoms with Crippen LogP contribution in [0.15, 0.2) is 6.20 Å². The van der Waals surface area contributed by atoms with Crippen LogP contribution in [0.1, 0.15) is 56.6 Å². The van der Waals surface area contributed by atoms with Gasteiger partial charge in [0.1, 0.15) is 0 Å². The number of nitrogens with zero attached hydrogens (tertiary/aromatic N) is 4. The Balaban J connectivity index is 0.00000242. The van der Waals surface area contributed by atoms with Gasteiger partial charge < -0.3 is 10.2 Å². The third kappa shape index (κ3) is 4.68. The molecular formula is C15H28ClN5O. The van der Waals surface area contributed by atoms with Crippen molar-refractivity contribution in [2.45, 2.75) is 46.1 Å². The number of halogens is 1. The first kappa shape index (κ1) is 18.9. The third-order valence-corrected chi connectivity index (χ3v) is 4.31. The molecule has 1 aliphatic heterocycles. The van der Waals surface area contributed by atoms with Gasteiger partial charge >= 0.3 is 0 Å². The van der Waals surface area contributed by atoms with Crippen LogP contribution in [0.25, 0.3) is 0 Å². The van der Waals surface area contributed by atoms with Crippen LogP contribution in [0.4, 0.5) is 0 Å². The number of amides is 1. The number of carbonyl (C=O) groups is 1. The summed E-state index contributed by atoms with van der Waals surface area (Å²) < 4.78 is 1.87. The minimum absolute atomic E-state index is 0. The molecule has 0 bridgehead atoms. The molecule has 0 saturated carbocycles. The van der Waals surface area contributed by atoms with Crippen LogP contribution in [0.3, 0.4) is 0 Å². The summed E-state index contributed by atoms with van der Waals surface area (Å²) in [7, 11) is 0. The minimum atomic E-state index is -0.00187. The second kappa shape index (κ2) is 9.10. The van der Waals surface area contributed by atoms with Gasteiger partial charge in [0.25, 0.3) is 5.91 Å². The molecule has 1 saturated heterocycles. The molecular weight excluding hydrogens is 302 g/mol. The fourth-order valence-electron chi connectivity index (χ4n) is 2.65. The van der Waals surface area contributed by atoms with E-state index >= 15 is 0 Å². The molecule has 2 heterocycles. The summed E-state index contributed by atoms with van der Waals surface area (Å²) in [6.07, 6.45) is 4.98. The molecule has 0 aliphatic carbocycles. The van der Waals surface area contributed by atoms with Gasteiger partial charge in [0.2, 0.25) is 0 Å². The van der Waals surface area contributed by atoms with Crippen LogP contribution >= 0.6 is 12.4 Å². The molecule has 7 heteroatoms. The molecule has 22 heavy (non-hydrogen) atoms. The Kier molecular flexibility index (Phi) is 7.82. The van der Waals surface area contributed by atoms with E-state index < -0.39 is 0 Å². The number of hydrogen-bond acceptors (Lipinski definition) is 4. The Morgan fingerprint density at radius 1 is 1.45 bits per heavy atom. The van der Waals surface area contributed by atoms with Crippen LogP contribution < -0.4 is 5.32 Å². The molecule has 1 amide bonds. The van der Waals surface area contributed by atoms with E-state index in [-0.39, 0.29) is 18.3 Å². The lowest BCUT2D eigenvalue weighted by Gasteiger charge is -2.23. The Labute approximate surface area is 139 Å². The highest BCUT2D eigenvalue weighted by Crippen LogP contribution is 2.17. The van der Waals surface area contributed by atoms with Crippen LogP contribution in [0.2, 0.25) is 0 Å². The van der Waals surface area contributed by atoms with Crippen LogP contribution in [-0.2, 0) is 0 Å². The second-order valence-corrected chi connectivity index (χ2v) is 5.92. The zero-order chi connectivity index (χ0) is 15.2. The first-order valence-corrected chi connectivity index (χ1v) is 8.07. The number of hydrogen-bond donors (Lipinski definition) is 1. The molecule has 1 unspecified atom stereocenters. The lowest BCUT2D eigenvalue weighted by atomic mass is 10.1. The van der Waals surface area contributed by atoms with Crippen LogP contribution in [-0.4, -0.2) is 52.0 Å². The Hall–Kier alpha value is -1.14. The van der Waals surface area contributed by atoms with Gasteiger partial charge in [0.05, 0.1) is 12.2 Å². The summed E-state index contributed by atoms with van der Waals surface area (Å²) in [5, 5.41) is 11.6. The van der Waals surface area contributed by atoms with Crippen molar-refractivity contribution < 1.29 is 4.79 Å². The van der Waals surface area contributed by atoms with Crippen LogP contribution in [0.5, 0.6) is 0 Å². The quantitative estimate of drug-likeness (QED) is 0.868. The normalized spacial score (nSPS) is 16.9. The smallest absolute Gasteiger partial charge is 0.276 e. The number of carbonyl (C=O) groups excluding carboxylic acids is 1. The van der Waals surface area contributed by atoms with Crippen molar-refractivity contribution in [3.8, 4) is 0 Å². The molecule has 6 nitrogen and oxygen atoms in total. The summed E-state index contributed by atoms with van der Waals surface area (Å²) in [5.74, 6) is 0.506. The van der Waals surface area contributed by atoms with Gasteiger partial charge in [-0.05, 0) is 38.8 Å². The van der Waals surface area contributed by atoms with E-state index in [4.69, 9.17) is 0 Å². The lowest BCUT2D eigenvalue weighted by Crippen LogP contribution is -2.34. The molecule has 1 atom stereocenters. The molecule has 0 aromatic carbocycles. The van der Waals surface area contributed by atoms with E-state index in [0.29, 0.717) is 24.2 Å². The Bertz CT molecular complexity index is 459. The monoisotopic (exact) mass is 329 g/mol. The first-order valence-electron chi connectivity index (χ1n) is 8.07. The van der Waals surface area contributed by atoms with Crippen molar-refractivity contribution in [2.24, 2.45) is 5.92 Å². The van der Waals surface area contributed by atoms with Crippen molar-refractivity contribution in [2.75, 3.05) is 26.2 Å². The summed E-state index contributed by atoms with van der Waals surface area (Å²) in [5.41, 5.74) is 0.471. The highest BCUT2D eigenvalue weighted by Gasteiger charge is 2.22. The predicted molar refractivity (Wildman–Crippen MR) is 89.4 cm³/mol. The third-order valence-electron chi connectivity index (χ3n) is 4.31. The van der Waals surface area contributed by atoms with Crippen molar-refractivity contribution in [1.29, 1.82) is 0 Å². The topological polar surface area (TPSA) is 63.1 Å². The largest absolute Gasteiger partial charge is 0.337 e. The number of aromatic nitrogens is 3. The highest BCUT2D eigenvalue weighted by molar-refractivity contribution is 5.91. The second-order valence-electron chi connectivity index (χ2n) is 5.92. The summed E-state index contributed by atoms with van der Waals surface area (Å²) in [6, 6.07) is 0.366. The number of rotatable bonds is 6. The zero-order valence-corrected chi connectivity index (χ0v) is 14.6. The highest BCUT2D eigenvalue weighted by atomic mass is 35.5. The first-order chi connectivity index (χ1) is 10.2. The average molecular weight is 330 g/mol. The summed E-state index contributed by atoms with van der Waals surface area (Å²) in [4.78, 5) is 14.4. The maximum absolute atomic E-state index is 12.5. The Morgan fingerprint density at radius 2 is 2.14 bits per heavy atom. The zero-order valence-electron chi connectivity index (χ0n) is 13.8. The van der Waals surface area contributed by atoms with Gasteiger partial charge in [-0.3, -0.25) is 4.79 Å². The minimum Gasteiger partial charge on any atom is -0.337 e. The molecule has 1 aromatic heterocycles. The van der Waals surface area contributed by atoms with Crippen molar-refractivity contribution in [3.05, 3.63) is 11.9 Å². The molecule has 0 radical (unpaired) electrons. The molecule has 0 spiro atoms. The van der Waals surface area contributed by atoms with Gasteiger partial charge in [-0.15, -0.1) is 17.5 Å². The average Bonchev–Trinajstić information content (AvgIpc) is 3.02. The van der Waals surface area contributed by atoms with Gasteiger partial charge in [-0.25, -0.2) is 4.68 Å². The van der Waals surface area contributed by atoms with Gasteiger partial charge in [-0.2, -0.15) is 0 Å². The molecule has 2 rings (SSSR count). The fraction of sp³-hybridized carbons (Fsp3) is 0.800. The van der Waals surface area contributed by atoms with Gasteiger partial charge in [0.15, 0.2) is 5.69 Å². The van der Waals surface area contributed by atoms with E-state index in [1.54, 1.807) is 0 Å². The number of piperidine rings is 1. The SMILES string of the molecule is CCC(C)CN(CC)C(=O)c1cn(C2CCNCC2)nn1.Cl. The van der Waals surface area contributed by atoms with Gasteiger partial charge in [-0.1, -0.05) is 25.5 Å². The van der Waals surface area contributed by atoms with Crippen molar-refractivity contribution in [3.63, 3.8) is 0 Å². The number of nitrogens with one attached hydrogen (secondary N) is 1. The maximum Gasteiger partial charge on any atom is 0.276 e. The van der Waals surface area contributed by atoms with Gasteiger partial charge in [0, 0.05) is 13.1 Å². The van der Waals surface area contributed by atoms with E-state index in [1.807, 2.05) is 22.7 Å². The molecule has 1 fully saturated rings. The molecule has 1 aliphatic rings. The molecule has 1 aromatic rings. The van der Waals surface area contributed by atoms with E-state index in [2.05, 4.69) is 29.5 Å². The Morgan fingerprint density at radius 3 is 2.73 bits per heavy atom. The van der Waals surface area contributed by atoms with E-state index in [0.717, 1.165) is 38.9 Å². The summed E-state index contributed by atoms with van der Waals surface area (Å²) in [6.45, 7) is 9.83. The summed E-state index contributed by atoms with van der Waals surface area (Å²) >= 11 is 0. The standard InChI is InChI=1S/C15H27N5O.ClH/c1-4-12(3)10-19(5-2)15(21)14-11-20(18-17-14)13-6-8-16-9-7-13;/h11-13,16H,4-10H2,1-3H3;1H. The van der Waals surface area contributed by atoms with Crippen molar-refractivity contribution in [1.82, 2.24) is 25.2 Å².